The SMILES string of the molecule is COc1c(F)cc(F)c2nc(OCC34CCCN3CCC4)nc(N3CCCN=C(/C=C(\N)CO)C3)c12. The molecule has 0 radical (unpaired) electrons. The topological polar surface area (TPSA) is 109 Å². The van der Waals surface area contributed by atoms with Crippen molar-refractivity contribution in [3.8, 4) is 11.8 Å². The van der Waals surface area contributed by atoms with Gasteiger partial charge in [-0.05, 0) is 51.3 Å². The average molecular weight is 503 g/mol. The van der Waals surface area contributed by atoms with Gasteiger partial charge in [-0.25, -0.2) is 8.78 Å². The summed E-state index contributed by atoms with van der Waals surface area (Å²) in [5, 5.41) is 9.48. The zero-order valence-electron chi connectivity index (χ0n) is 20.5. The van der Waals surface area contributed by atoms with Crippen LogP contribution >= 0.6 is 0 Å². The molecule has 5 rings (SSSR count). The van der Waals surface area contributed by atoms with Crippen molar-refractivity contribution in [1.82, 2.24) is 14.9 Å². The van der Waals surface area contributed by atoms with Crippen LogP contribution in [-0.2, 0) is 0 Å². The van der Waals surface area contributed by atoms with Crippen molar-refractivity contribution >= 4 is 22.4 Å². The third-order valence-corrected chi connectivity index (χ3v) is 7.37. The largest absolute Gasteiger partial charge is 0.493 e. The molecule has 0 spiro atoms. The number of hydrogen-bond acceptors (Lipinski definition) is 9. The van der Waals surface area contributed by atoms with Gasteiger partial charge in [-0.15, -0.1) is 0 Å². The van der Waals surface area contributed by atoms with Crippen molar-refractivity contribution in [3.05, 3.63) is 29.5 Å². The third-order valence-electron chi connectivity index (χ3n) is 7.37. The van der Waals surface area contributed by atoms with Crippen LogP contribution in [-0.4, -0.2) is 84.3 Å². The summed E-state index contributed by atoms with van der Waals surface area (Å²) in [6.45, 7) is 3.59. The number of aliphatic imine (C=N–C) groups is 1. The van der Waals surface area contributed by atoms with Crippen LogP contribution in [0.1, 0.15) is 32.1 Å². The van der Waals surface area contributed by atoms with Gasteiger partial charge in [-0.3, -0.25) is 9.89 Å². The minimum absolute atomic E-state index is 0.0352. The van der Waals surface area contributed by atoms with Crippen molar-refractivity contribution in [2.75, 3.05) is 57.9 Å². The summed E-state index contributed by atoms with van der Waals surface area (Å²) in [6.07, 6.45) is 6.65. The van der Waals surface area contributed by atoms with Gasteiger partial charge in [0.2, 0.25) is 0 Å². The molecule has 0 amide bonds. The van der Waals surface area contributed by atoms with Crippen molar-refractivity contribution in [1.29, 1.82) is 0 Å². The molecule has 1 aromatic heterocycles. The highest BCUT2D eigenvalue weighted by Gasteiger charge is 2.45. The van der Waals surface area contributed by atoms with Crippen molar-refractivity contribution in [3.63, 3.8) is 0 Å². The first-order valence-corrected chi connectivity index (χ1v) is 12.4. The molecule has 3 N–H and O–H groups in total. The molecule has 2 saturated heterocycles. The Kier molecular flexibility index (Phi) is 6.94. The molecule has 1 aromatic carbocycles. The Hall–Kier alpha value is -3.05. The van der Waals surface area contributed by atoms with Gasteiger partial charge >= 0.3 is 6.01 Å². The highest BCUT2D eigenvalue weighted by molar-refractivity contribution is 6.02. The van der Waals surface area contributed by atoms with Gasteiger partial charge in [-0.2, -0.15) is 9.97 Å². The maximum absolute atomic E-state index is 15.1. The molecule has 36 heavy (non-hydrogen) atoms. The molecule has 0 atom stereocenters. The molecular formula is C25H32F2N6O3. The van der Waals surface area contributed by atoms with Crippen molar-refractivity contribution in [2.45, 2.75) is 37.6 Å². The van der Waals surface area contributed by atoms with Gasteiger partial charge in [0.1, 0.15) is 17.9 Å². The number of methoxy groups -OCH3 is 1. The molecule has 9 nitrogen and oxygen atoms in total. The lowest BCUT2D eigenvalue weighted by atomic mass is 9.95. The number of nitrogens with zero attached hydrogens (tertiary/aromatic N) is 5. The second-order valence-electron chi connectivity index (χ2n) is 9.66. The first-order valence-electron chi connectivity index (χ1n) is 12.4. The van der Waals surface area contributed by atoms with Crippen LogP contribution in [0, 0.1) is 11.6 Å². The Morgan fingerprint density at radius 2 is 1.94 bits per heavy atom. The van der Waals surface area contributed by atoms with E-state index in [4.69, 9.17) is 15.2 Å². The summed E-state index contributed by atoms with van der Waals surface area (Å²) in [6, 6.07) is 0.821. The van der Waals surface area contributed by atoms with Crippen LogP contribution in [0.4, 0.5) is 14.6 Å². The van der Waals surface area contributed by atoms with E-state index in [9.17, 15) is 9.50 Å². The van der Waals surface area contributed by atoms with E-state index in [2.05, 4.69) is 19.9 Å². The Bertz CT molecular complexity index is 1190. The van der Waals surface area contributed by atoms with Crippen LogP contribution in [0.25, 0.3) is 10.9 Å². The van der Waals surface area contributed by atoms with Crippen LogP contribution < -0.4 is 20.1 Å². The smallest absolute Gasteiger partial charge is 0.319 e. The van der Waals surface area contributed by atoms with Crippen LogP contribution in [0.3, 0.4) is 0 Å². The number of halogens is 2. The molecule has 0 saturated carbocycles. The number of ether oxygens (including phenoxy) is 2. The number of aromatic nitrogens is 2. The van der Waals surface area contributed by atoms with E-state index in [1.165, 1.54) is 7.11 Å². The zero-order valence-corrected chi connectivity index (χ0v) is 20.5. The van der Waals surface area contributed by atoms with Gasteiger partial charge in [0.15, 0.2) is 17.4 Å². The number of rotatable bonds is 7. The zero-order chi connectivity index (χ0) is 25.3. The molecule has 3 aliphatic heterocycles. The average Bonchev–Trinajstić information content (AvgIpc) is 3.36. The Labute approximate surface area is 208 Å². The minimum atomic E-state index is -0.833. The predicted molar refractivity (Wildman–Crippen MR) is 133 cm³/mol. The van der Waals surface area contributed by atoms with Gasteiger partial charge in [0.25, 0.3) is 0 Å². The fourth-order valence-corrected chi connectivity index (χ4v) is 5.67. The molecule has 0 aliphatic carbocycles. The van der Waals surface area contributed by atoms with E-state index in [-0.39, 0.29) is 47.1 Å². The standard InChI is InChI=1S/C25H32F2N6O3/c1-35-22-19(27)12-18(26)21-20(22)23(32-8-4-7-29-17(13-32)11-16(28)14-34)31-24(30-21)36-15-25-5-2-9-33(25)10-3-6-25/h11-12,34H,2-10,13-15,28H2,1H3/b16-11-. The Morgan fingerprint density at radius 3 is 2.67 bits per heavy atom. The predicted octanol–water partition coefficient (Wildman–Crippen LogP) is 2.41. The summed E-state index contributed by atoms with van der Waals surface area (Å²) in [4.78, 5) is 17.9. The third kappa shape index (κ3) is 4.57. The normalized spacial score (nSPS) is 20.4. The molecule has 3 aliphatic rings. The quantitative estimate of drug-likeness (QED) is 0.594. The molecule has 11 heteroatoms. The number of aliphatic hydroxyl groups is 1. The van der Waals surface area contributed by atoms with Gasteiger partial charge in [0.05, 0.1) is 36.9 Å². The highest BCUT2D eigenvalue weighted by Crippen LogP contribution is 2.40. The van der Waals surface area contributed by atoms with Gasteiger partial charge < -0.3 is 25.2 Å². The van der Waals surface area contributed by atoms with Crippen molar-refractivity contribution in [2.24, 2.45) is 10.7 Å². The van der Waals surface area contributed by atoms with E-state index in [1.807, 2.05) is 4.90 Å². The number of benzene rings is 1. The molecule has 2 fully saturated rings. The van der Waals surface area contributed by atoms with E-state index >= 15 is 4.39 Å². The summed E-state index contributed by atoms with van der Waals surface area (Å²) in [5.74, 6) is -1.47. The lowest BCUT2D eigenvalue weighted by Crippen LogP contribution is -2.43. The van der Waals surface area contributed by atoms with Crippen LogP contribution in [0.5, 0.6) is 11.8 Å². The van der Waals surface area contributed by atoms with E-state index in [0.717, 1.165) is 44.8 Å². The first kappa shape index (κ1) is 24.6. The number of aliphatic hydroxyl groups excluding tert-OH is 1. The number of hydrogen-bond donors (Lipinski definition) is 2. The van der Waals surface area contributed by atoms with Crippen LogP contribution in [0.2, 0.25) is 0 Å². The summed E-state index contributed by atoms with van der Waals surface area (Å²) in [5.41, 5.74) is 6.64. The maximum atomic E-state index is 15.1. The fourth-order valence-electron chi connectivity index (χ4n) is 5.67. The summed E-state index contributed by atoms with van der Waals surface area (Å²) >= 11 is 0. The Balaban J connectivity index is 1.56. The minimum Gasteiger partial charge on any atom is -0.493 e. The molecule has 2 aromatic rings. The van der Waals surface area contributed by atoms with E-state index < -0.39 is 11.6 Å². The summed E-state index contributed by atoms with van der Waals surface area (Å²) < 4.78 is 41.3. The number of fused-ring (bicyclic) bond motifs is 2. The van der Waals surface area contributed by atoms with Gasteiger partial charge in [-0.1, -0.05) is 0 Å². The lowest BCUT2D eigenvalue weighted by molar-refractivity contribution is 0.108. The van der Waals surface area contributed by atoms with E-state index in [1.54, 1.807) is 6.08 Å². The second-order valence-corrected chi connectivity index (χ2v) is 9.66. The van der Waals surface area contributed by atoms with E-state index in [0.29, 0.717) is 37.6 Å². The maximum Gasteiger partial charge on any atom is 0.319 e. The fraction of sp³-hybridized carbons (Fsp3) is 0.560. The molecule has 0 unspecified atom stereocenters. The molecule has 4 heterocycles. The monoisotopic (exact) mass is 502 g/mol. The number of nitrogens with two attached hydrogens (primary N) is 1. The molecule has 0 bridgehead atoms. The lowest BCUT2D eigenvalue weighted by Gasteiger charge is -2.31. The first-order chi connectivity index (χ1) is 17.4. The summed E-state index contributed by atoms with van der Waals surface area (Å²) in [7, 11) is 1.33. The molecule has 194 valence electrons. The second kappa shape index (κ2) is 10.1. The Morgan fingerprint density at radius 1 is 1.17 bits per heavy atom. The van der Waals surface area contributed by atoms with Gasteiger partial charge in [0, 0.05) is 24.9 Å². The van der Waals surface area contributed by atoms with Crippen LogP contribution in [0.15, 0.2) is 22.8 Å². The molecular weight excluding hydrogens is 470 g/mol. The highest BCUT2D eigenvalue weighted by atomic mass is 19.1. The number of anilines is 1. The van der Waals surface area contributed by atoms with Crippen molar-refractivity contribution < 1.29 is 23.4 Å².